The van der Waals surface area contributed by atoms with E-state index in [-0.39, 0.29) is 12.7 Å². The Hall–Kier alpha value is -3.09. The standard InChI is InChI=1S/C28H28O5S/c1-18-4-8-21(9-5-18)27(29)31-17-26-25(33-28(30)22-10-6-19(2)7-11-22)16-24(32-26)20-12-14-23(34-3)15-13-20/h4-15,24-26H,16-17H2,1-3H3/t24-,25-,26+/m0/s1. The zero-order chi connectivity index (χ0) is 24.1. The van der Waals surface area contributed by atoms with Crippen molar-refractivity contribution < 1.29 is 23.8 Å². The minimum Gasteiger partial charge on any atom is -0.459 e. The minimum absolute atomic E-state index is 0.00203. The second-order valence-corrected chi connectivity index (χ2v) is 9.33. The van der Waals surface area contributed by atoms with Gasteiger partial charge in [-0.15, -0.1) is 11.8 Å². The molecule has 1 heterocycles. The lowest BCUT2D eigenvalue weighted by molar-refractivity contribution is -0.0427. The first kappa shape index (κ1) is 24.0. The van der Waals surface area contributed by atoms with Gasteiger partial charge in [-0.25, -0.2) is 9.59 Å². The van der Waals surface area contributed by atoms with E-state index in [1.165, 1.54) is 0 Å². The average Bonchev–Trinajstić information content (AvgIpc) is 3.25. The van der Waals surface area contributed by atoms with Crippen LogP contribution in [-0.4, -0.2) is 37.0 Å². The Balaban J connectivity index is 1.47. The molecule has 0 radical (unpaired) electrons. The molecule has 0 N–H and O–H groups in total. The molecule has 5 nitrogen and oxygen atoms in total. The van der Waals surface area contributed by atoms with Gasteiger partial charge >= 0.3 is 11.9 Å². The van der Waals surface area contributed by atoms with Crippen LogP contribution in [0.25, 0.3) is 0 Å². The first-order valence-corrected chi connectivity index (χ1v) is 12.5. The van der Waals surface area contributed by atoms with Crippen LogP contribution in [0.3, 0.4) is 0 Å². The highest BCUT2D eigenvalue weighted by Gasteiger charge is 2.39. The maximum absolute atomic E-state index is 12.8. The number of aryl methyl sites for hydroxylation is 2. The second-order valence-electron chi connectivity index (χ2n) is 8.45. The van der Waals surface area contributed by atoms with Crippen LogP contribution in [0.4, 0.5) is 0 Å². The van der Waals surface area contributed by atoms with Crippen molar-refractivity contribution in [3.05, 3.63) is 101 Å². The summed E-state index contributed by atoms with van der Waals surface area (Å²) in [5.74, 6) is -0.846. The third kappa shape index (κ3) is 5.88. The van der Waals surface area contributed by atoms with E-state index in [9.17, 15) is 9.59 Å². The molecule has 4 rings (SSSR count). The molecule has 3 aromatic carbocycles. The third-order valence-electron chi connectivity index (χ3n) is 5.90. The Bertz CT molecular complexity index is 1120. The Morgan fingerprint density at radius 2 is 1.41 bits per heavy atom. The fourth-order valence-electron chi connectivity index (χ4n) is 3.85. The molecule has 0 bridgehead atoms. The number of thioether (sulfide) groups is 1. The summed E-state index contributed by atoms with van der Waals surface area (Å²) in [5, 5.41) is 0. The number of rotatable bonds is 7. The summed E-state index contributed by atoms with van der Waals surface area (Å²) in [6.45, 7) is 3.92. The van der Waals surface area contributed by atoms with Crippen LogP contribution in [-0.2, 0) is 14.2 Å². The normalized spacial score (nSPS) is 19.6. The lowest BCUT2D eigenvalue weighted by atomic mass is 10.0. The van der Waals surface area contributed by atoms with Gasteiger partial charge in [0.05, 0.1) is 17.2 Å². The molecular formula is C28H28O5S. The summed E-state index contributed by atoms with van der Waals surface area (Å²) < 4.78 is 17.6. The van der Waals surface area contributed by atoms with E-state index in [4.69, 9.17) is 14.2 Å². The van der Waals surface area contributed by atoms with Crippen molar-refractivity contribution in [3.63, 3.8) is 0 Å². The van der Waals surface area contributed by atoms with Gasteiger partial charge in [0.1, 0.15) is 18.8 Å². The van der Waals surface area contributed by atoms with Crippen LogP contribution in [0.2, 0.25) is 0 Å². The monoisotopic (exact) mass is 476 g/mol. The number of benzene rings is 3. The van der Waals surface area contributed by atoms with Crippen molar-refractivity contribution in [1.29, 1.82) is 0 Å². The molecule has 1 aliphatic heterocycles. The van der Waals surface area contributed by atoms with E-state index in [1.807, 2.05) is 68.6 Å². The molecular weight excluding hydrogens is 448 g/mol. The van der Waals surface area contributed by atoms with Crippen molar-refractivity contribution in [2.45, 2.75) is 43.5 Å². The van der Waals surface area contributed by atoms with E-state index in [1.54, 1.807) is 36.0 Å². The summed E-state index contributed by atoms with van der Waals surface area (Å²) >= 11 is 1.67. The van der Waals surface area contributed by atoms with Crippen molar-refractivity contribution in [2.75, 3.05) is 12.9 Å². The summed E-state index contributed by atoms with van der Waals surface area (Å²) in [6.07, 6.45) is 1.16. The lowest BCUT2D eigenvalue weighted by Crippen LogP contribution is -2.32. The lowest BCUT2D eigenvalue weighted by Gasteiger charge is -2.19. The van der Waals surface area contributed by atoms with E-state index >= 15 is 0 Å². The zero-order valence-corrected chi connectivity index (χ0v) is 20.3. The maximum atomic E-state index is 12.8. The van der Waals surface area contributed by atoms with Gasteiger partial charge in [0.15, 0.2) is 0 Å². The van der Waals surface area contributed by atoms with Crippen molar-refractivity contribution >= 4 is 23.7 Å². The predicted molar refractivity (Wildman–Crippen MR) is 132 cm³/mol. The van der Waals surface area contributed by atoms with Gasteiger partial charge in [-0.05, 0) is 62.1 Å². The summed E-state index contributed by atoms with van der Waals surface area (Å²) in [6, 6.07) is 22.6. The van der Waals surface area contributed by atoms with Crippen LogP contribution >= 0.6 is 11.8 Å². The van der Waals surface area contributed by atoms with Crippen LogP contribution in [0.5, 0.6) is 0 Å². The van der Waals surface area contributed by atoms with E-state index in [2.05, 4.69) is 0 Å². The van der Waals surface area contributed by atoms with Crippen molar-refractivity contribution in [1.82, 2.24) is 0 Å². The Morgan fingerprint density at radius 1 is 0.853 bits per heavy atom. The van der Waals surface area contributed by atoms with E-state index < -0.39 is 24.1 Å². The van der Waals surface area contributed by atoms with Crippen molar-refractivity contribution in [3.8, 4) is 0 Å². The summed E-state index contributed by atoms with van der Waals surface area (Å²) in [4.78, 5) is 26.5. The Labute approximate surface area is 204 Å². The number of hydrogen-bond acceptors (Lipinski definition) is 6. The molecule has 6 heteroatoms. The molecule has 176 valence electrons. The number of ether oxygens (including phenoxy) is 3. The highest BCUT2D eigenvalue weighted by molar-refractivity contribution is 7.98. The van der Waals surface area contributed by atoms with Gasteiger partial charge < -0.3 is 14.2 Å². The predicted octanol–water partition coefficient (Wildman–Crippen LogP) is 5.94. The molecule has 34 heavy (non-hydrogen) atoms. The van der Waals surface area contributed by atoms with Crippen LogP contribution in [0.1, 0.15) is 49.9 Å². The molecule has 0 amide bonds. The van der Waals surface area contributed by atoms with E-state index in [0.717, 1.165) is 21.6 Å². The first-order chi connectivity index (χ1) is 16.4. The largest absolute Gasteiger partial charge is 0.459 e. The molecule has 1 saturated heterocycles. The van der Waals surface area contributed by atoms with Crippen molar-refractivity contribution in [2.24, 2.45) is 0 Å². The maximum Gasteiger partial charge on any atom is 0.338 e. The number of hydrogen-bond donors (Lipinski definition) is 0. The smallest absolute Gasteiger partial charge is 0.338 e. The summed E-state index contributed by atoms with van der Waals surface area (Å²) in [5.41, 5.74) is 4.08. The molecule has 1 fully saturated rings. The van der Waals surface area contributed by atoms with Gasteiger partial charge in [0, 0.05) is 11.3 Å². The van der Waals surface area contributed by atoms with Gasteiger partial charge in [0.25, 0.3) is 0 Å². The molecule has 3 atom stereocenters. The first-order valence-electron chi connectivity index (χ1n) is 11.2. The zero-order valence-electron chi connectivity index (χ0n) is 19.5. The van der Waals surface area contributed by atoms with E-state index in [0.29, 0.717) is 17.5 Å². The van der Waals surface area contributed by atoms with Crippen LogP contribution < -0.4 is 0 Å². The molecule has 0 spiro atoms. The average molecular weight is 477 g/mol. The quantitative estimate of drug-likeness (QED) is 0.311. The molecule has 0 saturated carbocycles. The highest BCUT2D eigenvalue weighted by Crippen LogP contribution is 2.36. The number of carbonyl (C=O) groups excluding carboxylic acids is 2. The molecule has 1 aliphatic rings. The fraction of sp³-hybridized carbons (Fsp3) is 0.286. The number of carbonyl (C=O) groups is 2. The molecule has 3 aromatic rings. The van der Waals surface area contributed by atoms with Gasteiger partial charge in [-0.2, -0.15) is 0 Å². The molecule has 0 aromatic heterocycles. The van der Waals surface area contributed by atoms with Gasteiger partial charge in [-0.3, -0.25) is 0 Å². The van der Waals surface area contributed by atoms with Gasteiger partial charge in [0.2, 0.25) is 0 Å². The summed E-state index contributed by atoms with van der Waals surface area (Å²) in [7, 11) is 0. The SMILES string of the molecule is CSc1ccc([C@@H]2C[C@H](OC(=O)c3ccc(C)cc3)[C@@H](COC(=O)c3ccc(C)cc3)O2)cc1. The highest BCUT2D eigenvalue weighted by atomic mass is 32.2. The minimum atomic E-state index is -0.561. The van der Waals surface area contributed by atoms with Crippen LogP contribution in [0, 0.1) is 13.8 Å². The van der Waals surface area contributed by atoms with Gasteiger partial charge in [-0.1, -0.05) is 47.5 Å². The molecule has 0 unspecified atom stereocenters. The Morgan fingerprint density at radius 3 is 1.97 bits per heavy atom. The Kier molecular flexibility index (Phi) is 7.70. The third-order valence-corrected chi connectivity index (χ3v) is 6.64. The number of esters is 2. The van der Waals surface area contributed by atoms with Crippen LogP contribution in [0.15, 0.2) is 77.7 Å². The molecule has 0 aliphatic carbocycles. The topological polar surface area (TPSA) is 61.8 Å². The fourth-order valence-corrected chi connectivity index (χ4v) is 4.25. The second kappa shape index (κ2) is 10.9.